The molecule has 1 saturated heterocycles. The molecular formula is C8H17N3O2. The zero-order valence-corrected chi connectivity index (χ0v) is 8.01. The molecule has 0 aromatic heterocycles. The lowest BCUT2D eigenvalue weighted by atomic mass is 10.4. The monoisotopic (exact) mass is 187 g/mol. The smallest absolute Gasteiger partial charge is 0.246 e. The molecular weight excluding hydrogens is 170 g/mol. The van der Waals surface area contributed by atoms with Crippen LogP contribution in [0.2, 0.25) is 0 Å². The zero-order valence-electron chi connectivity index (χ0n) is 8.01. The molecule has 0 aliphatic carbocycles. The summed E-state index contributed by atoms with van der Waals surface area (Å²) in [6.45, 7) is 4.76. The van der Waals surface area contributed by atoms with Gasteiger partial charge in [0.25, 0.3) is 0 Å². The van der Waals surface area contributed by atoms with Crippen molar-refractivity contribution in [2.75, 3.05) is 46.6 Å². The van der Waals surface area contributed by atoms with Crippen molar-refractivity contribution in [1.29, 1.82) is 0 Å². The maximum Gasteiger partial charge on any atom is 0.246 e. The SMILES string of the molecule is COCC(=O)NCN1CCNCC1. The molecule has 1 aliphatic rings. The summed E-state index contributed by atoms with van der Waals surface area (Å²) in [5.41, 5.74) is 0. The van der Waals surface area contributed by atoms with Gasteiger partial charge in [0.1, 0.15) is 6.61 Å². The van der Waals surface area contributed by atoms with Gasteiger partial charge in [-0.2, -0.15) is 0 Å². The van der Waals surface area contributed by atoms with E-state index in [1.54, 1.807) is 0 Å². The minimum absolute atomic E-state index is 0.0546. The summed E-state index contributed by atoms with van der Waals surface area (Å²) in [4.78, 5) is 13.2. The third-order valence-electron chi connectivity index (χ3n) is 1.98. The van der Waals surface area contributed by atoms with Crippen LogP contribution in [0.3, 0.4) is 0 Å². The Kier molecular flexibility index (Phi) is 4.74. The van der Waals surface area contributed by atoms with E-state index in [2.05, 4.69) is 15.5 Å². The van der Waals surface area contributed by atoms with Gasteiger partial charge in [-0.1, -0.05) is 0 Å². The van der Waals surface area contributed by atoms with Crippen LogP contribution >= 0.6 is 0 Å². The normalized spacial score (nSPS) is 18.5. The van der Waals surface area contributed by atoms with E-state index in [9.17, 15) is 4.79 Å². The van der Waals surface area contributed by atoms with Crippen molar-refractivity contribution in [2.45, 2.75) is 0 Å². The third-order valence-corrected chi connectivity index (χ3v) is 1.98. The molecule has 0 saturated carbocycles. The number of methoxy groups -OCH3 is 1. The Balaban J connectivity index is 2.06. The fourth-order valence-corrected chi connectivity index (χ4v) is 1.25. The van der Waals surface area contributed by atoms with Crippen molar-refractivity contribution < 1.29 is 9.53 Å². The molecule has 1 heterocycles. The highest BCUT2D eigenvalue weighted by molar-refractivity contribution is 5.77. The molecule has 1 aliphatic heterocycles. The Labute approximate surface area is 78.4 Å². The molecule has 0 unspecified atom stereocenters. The Hall–Kier alpha value is -0.650. The first-order valence-electron chi connectivity index (χ1n) is 4.51. The van der Waals surface area contributed by atoms with Gasteiger partial charge < -0.3 is 15.4 Å². The zero-order chi connectivity index (χ0) is 9.52. The second-order valence-electron chi connectivity index (χ2n) is 3.06. The van der Waals surface area contributed by atoms with Gasteiger partial charge >= 0.3 is 0 Å². The maximum absolute atomic E-state index is 11.0. The second kappa shape index (κ2) is 5.90. The summed E-state index contributed by atoms with van der Waals surface area (Å²) in [5, 5.41) is 6.04. The maximum atomic E-state index is 11.0. The molecule has 76 valence electrons. The highest BCUT2D eigenvalue weighted by Crippen LogP contribution is 1.88. The highest BCUT2D eigenvalue weighted by atomic mass is 16.5. The standard InChI is InChI=1S/C8H17N3O2/c1-13-6-8(12)10-7-11-4-2-9-3-5-11/h9H,2-7H2,1H3,(H,10,12). The molecule has 0 aromatic carbocycles. The molecule has 1 amide bonds. The Morgan fingerprint density at radius 2 is 2.23 bits per heavy atom. The predicted octanol–water partition coefficient (Wildman–Crippen LogP) is -1.39. The van der Waals surface area contributed by atoms with E-state index in [1.165, 1.54) is 7.11 Å². The number of carbonyl (C=O) groups is 1. The predicted molar refractivity (Wildman–Crippen MR) is 49.3 cm³/mol. The van der Waals surface area contributed by atoms with Crippen molar-refractivity contribution >= 4 is 5.91 Å². The molecule has 0 radical (unpaired) electrons. The number of ether oxygens (including phenoxy) is 1. The lowest BCUT2D eigenvalue weighted by Crippen LogP contribution is -2.48. The molecule has 5 nitrogen and oxygen atoms in total. The lowest BCUT2D eigenvalue weighted by molar-refractivity contribution is -0.125. The number of hydrogen-bond acceptors (Lipinski definition) is 4. The third kappa shape index (κ3) is 4.21. The molecule has 0 spiro atoms. The van der Waals surface area contributed by atoms with Crippen LogP contribution in [0.5, 0.6) is 0 Å². The van der Waals surface area contributed by atoms with Gasteiger partial charge in [-0.15, -0.1) is 0 Å². The number of amides is 1. The van der Waals surface area contributed by atoms with Crippen molar-refractivity contribution in [2.24, 2.45) is 0 Å². The van der Waals surface area contributed by atoms with Crippen LogP contribution in [0, 0.1) is 0 Å². The molecule has 0 bridgehead atoms. The van der Waals surface area contributed by atoms with Gasteiger partial charge in [0.2, 0.25) is 5.91 Å². The number of nitrogens with one attached hydrogen (secondary N) is 2. The molecule has 13 heavy (non-hydrogen) atoms. The van der Waals surface area contributed by atoms with Crippen LogP contribution in [-0.4, -0.2) is 57.4 Å². The van der Waals surface area contributed by atoms with Crippen LogP contribution in [0.15, 0.2) is 0 Å². The number of piperazine rings is 1. The fraction of sp³-hybridized carbons (Fsp3) is 0.875. The summed E-state index contributed by atoms with van der Waals surface area (Å²) in [6.07, 6.45) is 0. The Morgan fingerprint density at radius 1 is 1.54 bits per heavy atom. The highest BCUT2D eigenvalue weighted by Gasteiger charge is 2.09. The molecule has 5 heteroatoms. The number of nitrogens with zero attached hydrogens (tertiary/aromatic N) is 1. The van der Waals surface area contributed by atoms with E-state index in [1.807, 2.05) is 0 Å². The van der Waals surface area contributed by atoms with Crippen LogP contribution in [0.1, 0.15) is 0 Å². The van der Waals surface area contributed by atoms with E-state index < -0.39 is 0 Å². The first kappa shape index (κ1) is 10.4. The van der Waals surface area contributed by atoms with Gasteiger partial charge in [0.05, 0.1) is 6.67 Å². The molecule has 1 fully saturated rings. The molecule has 0 aromatic rings. The van der Waals surface area contributed by atoms with Crippen molar-refractivity contribution in [3.8, 4) is 0 Å². The minimum atomic E-state index is -0.0546. The average Bonchev–Trinajstić information content (AvgIpc) is 2.17. The molecule has 1 rings (SSSR count). The number of rotatable bonds is 4. The molecule has 0 atom stereocenters. The Morgan fingerprint density at radius 3 is 2.85 bits per heavy atom. The number of carbonyl (C=O) groups excluding carboxylic acids is 1. The van der Waals surface area contributed by atoms with Crippen molar-refractivity contribution in [3.63, 3.8) is 0 Å². The fourth-order valence-electron chi connectivity index (χ4n) is 1.25. The van der Waals surface area contributed by atoms with E-state index in [0.29, 0.717) is 6.67 Å². The van der Waals surface area contributed by atoms with Gasteiger partial charge in [0, 0.05) is 33.3 Å². The average molecular weight is 187 g/mol. The van der Waals surface area contributed by atoms with Gasteiger partial charge in [-0.25, -0.2) is 0 Å². The molecule has 2 N–H and O–H groups in total. The van der Waals surface area contributed by atoms with E-state index in [-0.39, 0.29) is 12.5 Å². The van der Waals surface area contributed by atoms with Gasteiger partial charge in [-0.3, -0.25) is 9.69 Å². The van der Waals surface area contributed by atoms with Crippen LogP contribution in [0.4, 0.5) is 0 Å². The first-order valence-corrected chi connectivity index (χ1v) is 4.51. The Bertz CT molecular complexity index is 157. The van der Waals surface area contributed by atoms with E-state index in [4.69, 9.17) is 4.74 Å². The van der Waals surface area contributed by atoms with Crippen molar-refractivity contribution in [3.05, 3.63) is 0 Å². The first-order chi connectivity index (χ1) is 6.33. The minimum Gasteiger partial charge on any atom is -0.375 e. The summed E-state index contributed by atoms with van der Waals surface area (Å²) in [6, 6.07) is 0. The van der Waals surface area contributed by atoms with Crippen LogP contribution in [0.25, 0.3) is 0 Å². The van der Waals surface area contributed by atoms with E-state index >= 15 is 0 Å². The summed E-state index contributed by atoms with van der Waals surface area (Å²) >= 11 is 0. The van der Waals surface area contributed by atoms with Gasteiger partial charge in [0.15, 0.2) is 0 Å². The number of hydrogen-bond donors (Lipinski definition) is 2. The lowest BCUT2D eigenvalue weighted by Gasteiger charge is -2.27. The van der Waals surface area contributed by atoms with Crippen LogP contribution < -0.4 is 10.6 Å². The summed E-state index contributed by atoms with van der Waals surface area (Å²) in [7, 11) is 1.52. The quantitative estimate of drug-likeness (QED) is 0.569. The van der Waals surface area contributed by atoms with Crippen molar-refractivity contribution in [1.82, 2.24) is 15.5 Å². The van der Waals surface area contributed by atoms with E-state index in [0.717, 1.165) is 26.2 Å². The van der Waals surface area contributed by atoms with Gasteiger partial charge in [-0.05, 0) is 0 Å². The topological polar surface area (TPSA) is 53.6 Å². The summed E-state index contributed by atoms with van der Waals surface area (Å²) < 4.78 is 4.70. The van der Waals surface area contributed by atoms with Crippen LogP contribution in [-0.2, 0) is 9.53 Å². The summed E-state index contributed by atoms with van der Waals surface area (Å²) in [5.74, 6) is -0.0546. The second-order valence-corrected chi connectivity index (χ2v) is 3.06. The largest absolute Gasteiger partial charge is 0.375 e.